The molecule has 0 aliphatic carbocycles. The van der Waals surface area contributed by atoms with Gasteiger partial charge in [-0.1, -0.05) is 6.07 Å². The molecule has 3 heterocycles. The lowest BCUT2D eigenvalue weighted by Gasteiger charge is -2.25. The van der Waals surface area contributed by atoms with Crippen LogP contribution in [0.2, 0.25) is 0 Å². The Bertz CT molecular complexity index is 1060. The summed E-state index contributed by atoms with van der Waals surface area (Å²) < 4.78 is 6.18. The Labute approximate surface area is 185 Å². The minimum Gasteiger partial charge on any atom is -0.480 e. The van der Waals surface area contributed by atoms with Crippen LogP contribution >= 0.6 is 0 Å². The number of carbonyl (C=O) groups excluding carboxylic acids is 2. The minimum atomic E-state index is -1.86. The molecule has 0 aromatic carbocycles. The maximum absolute atomic E-state index is 12.5. The first-order valence-electron chi connectivity index (χ1n) is 9.79. The summed E-state index contributed by atoms with van der Waals surface area (Å²) in [5.74, 6) is -2.57. The van der Waals surface area contributed by atoms with E-state index in [1.807, 2.05) is 0 Å². The molecule has 1 amide bonds. The molecule has 1 saturated heterocycles. The highest BCUT2D eigenvalue weighted by Crippen LogP contribution is 2.30. The largest absolute Gasteiger partial charge is 0.480 e. The van der Waals surface area contributed by atoms with E-state index in [0.717, 1.165) is 10.8 Å². The number of nitrogens with zero attached hydrogens (tertiary/aromatic N) is 2. The molecule has 14 heteroatoms. The van der Waals surface area contributed by atoms with E-state index in [0.29, 0.717) is 6.29 Å². The smallest absolute Gasteiger partial charge is 0.329 e. The number of aliphatic carboxylic acids is 1. The SMILES string of the molecule is NC(CC(O)c1ccccn1)C(=O)N[C@H](C(=O)O)[C@H]1O[C@@H](n2cc(C=O)[nH]c2=O)[C@H](O)[C@@H]1O. The summed E-state index contributed by atoms with van der Waals surface area (Å²) in [6, 6.07) is 1.59. The molecule has 3 rings (SSSR count). The van der Waals surface area contributed by atoms with Crippen molar-refractivity contribution in [2.45, 2.75) is 49.1 Å². The molecule has 2 aromatic rings. The van der Waals surface area contributed by atoms with Crippen LogP contribution in [0.4, 0.5) is 0 Å². The lowest BCUT2D eigenvalue weighted by molar-refractivity contribution is -0.149. The van der Waals surface area contributed by atoms with Gasteiger partial charge in [0.25, 0.3) is 0 Å². The van der Waals surface area contributed by atoms with Crippen LogP contribution in [0.5, 0.6) is 0 Å². The third kappa shape index (κ3) is 5.15. The second-order valence-corrected chi connectivity index (χ2v) is 7.45. The van der Waals surface area contributed by atoms with E-state index in [9.17, 15) is 39.6 Å². The third-order valence-corrected chi connectivity index (χ3v) is 5.18. The number of hydrogen-bond donors (Lipinski definition) is 7. The number of aliphatic hydroxyl groups excluding tert-OH is 3. The number of amides is 1. The van der Waals surface area contributed by atoms with Crippen molar-refractivity contribution in [2.24, 2.45) is 5.73 Å². The van der Waals surface area contributed by atoms with Gasteiger partial charge in [-0.15, -0.1) is 0 Å². The fraction of sp³-hybridized carbons (Fsp3) is 0.421. The number of aromatic amines is 1. The Balaban J connectivity index is 1.72. The molecule has 0 spiro atoms. The highest BCUT2D eigenvalue weighted by molar-refractivity contribution is 5.87. The van der Waals surface area contributed by atoms with E-state index in [1.54, 1.807) is 12.1 Å². The minimum absolute atomic E-state index is 0.130. The van der Waals surface area contributed by atoms with Crippen LogP contribution in [0.3, 0.4) is 0 Å². The van der Waals surface area contributed by atoms with Gasteiger partial charge < -0.3 is 41.2 Å². The van der Waals surface area contributed by atoms with E-state index in [4.69, 9.17) is 10.5 Å². The monoisotopic (exact) mass is 465 g/mol. The van der Waals surface area contributed by atoms with E-state index in [1.165, 1.54) is 12.3 Å². The highest BCUT2D eigenvalue weighted by Gasteiger charge is 2.50. The van der Waals surface area contributed by atoms with Crippen molar-refractivity contribution in [3.63, 3.8) is 0 Å². The average molecular weight is 465 g/mol. The van der Waals surface area contributed by atoms with Crippen LogP contribution in [-0.4, -0.2) is 83.5 Å². The first-order valence-corrected chi connectivity index (χ1v) is 9.79. The van der Waals surface area contributed by atoms with E-state index in [-0.39, 0.29) is 17.8 Å². The number of rotatable bonds is 9. The molecule has 2 unspecified atom stereocenters. The van der Waals surface area contributed by atoms with Crippen molar-refractivity contribution < 1.29 is 39.5 Å². The van der Waals surface area contributed by atoms with Gasteiger partial charge in [0.1, 0.15) is 18.3 Å². The number of hydrogen-bond acceptors (Lipinski definition) is 10. The van der Waals surface area contributed by atoms with Crippen molar-refractivity contribution in [3.05, 3.63) is 52.5 Å². The molecular weight excluding hydrogens is 442 g/mol. The Hall–Kier alpha value is -3.43. The number of carbonyl (C=O) groups is 3. The zero-order valence-electron chi connectivity index (χ0n) is 17.0. The molecule has 2 aromatic heterocycles. The standard InChI is InChI=1S/C19H23N5O9/c20-9(5-11(26)10-3-1-2-4-21-10)16(29)23-12(18(30)31)15-13(27)14(28)17(33-15)24-6-8(7-25)22-19(24)32/h1-4,6-7,9,11-15,17,26-28H,5,20H2,(H,22,32)(H,23,29)(H,30,31)/t9?,11?,12-,13-,14+,15+,17+/m0/s1. The zero-order chi connectivity index (χ0) is 24.3. The van der Waals surface area contributed by atoms with Crippen LogP contribution in [0.25, 0.3) is 0 Å². The van der Waals surface area contributed by atoms with Gasteiger partial charge in [-0.05, 0) is 12.1 Å². The van der Waals surface area contributed by atoms with Crippen molar-refractivity contribution in [1.29, 1.82) is 0 Å². The number of carboxylic acids is 1. The van der Waals surface area contributed by atoms with Gasteiger partial charge in [-0.2, -0.15) is 0 Å². The normalized spacial score (nSPS) is 25.2. The topological polar surface area (TPSA) is 230 Å². The first kappa shape index (κ1) is 24.2. The lowest BCUT2D eigenvalue weighted by atomic mass is 10.0. The Morgan fingerprint density at radius 1 is 1.33 bits per heavy atom. The summed E-state index contributed by atoms with van der Waals surface area (Å²) in [5, 5.41) is 42.5. The molecule has 14 nitrogen and oxygen atoms in total. The average Bonchev–Trinajstić information content (AvgIpc) is 3.31. The molecule has 1 aliphatic rings. The fourth-order valence-electron chi connectivity index (χ4n) is 3.45. The maximum Gasteiger partial charge on any atom is 0.329 e. The number of carboxylic acid groups (broad SMARTS) is 1. The van der Waals surface area contributed by atoms with Crippen LogP contribution in [0.15, 0.2) is 35.4 Å². The number of pyridine rings is 1. The molecule has 178 valence electrons. The number of nitrogens with one attached hydrogen (secondary N) is 2. The number of aromatic nitrogens is 3. The summed E-state index contributed by atoms with van der Waals surface area (Å²) in [4.78, 5) is 53.2. The number of ether oxygens (including phenoxy) is 1. The highest BCUT2D eigenvalue weighted by atomic mass is 16.6. The summed E-state index contributed by atoms with van der Waals surface area (Å²) >= 11 is 0. The molecule has 1 fully saturated rings. The Morgan fingerprint density at radius 2 is 2.06 bits per heavy atom. The Kier molecular flexibility index (Phi) is 7.35. The second kappa shape index (κ2) is 10.0. The first-order chi connectivity index (χ1) is 15.6. The van der Waals surface area contributed by atoms with Crippen LogP contribution in [0.1, 0.15) is 34.9 Å². The zero-order valence-corrected chi connectivity index (χ0v) is 17.0. The van der Waals surface area contributed by atoms with Gasteiger partial charge in [-0.3, -0.25) is 19.1 Å². The summed E-state index contributed by atoms with van der Waals surface area (Å²) in [6.07, 6.45) is -5.41. The molecule has 0 bridgehead atoms. The summed E-state index contributed by atoms with van der Waals surface area (Å²) in [7, 11) is 0. The molecule has 7 atom stereocenters. The molecule has 0 radical (unpaired) electrons. The quantitative estimate of drug-likeness (QED) is 0.185. The van der Waals surface area contributed by atoms with Crippen LogP contribution < -0.4 is 16.7 Å². The van der Waals surface area contributed by atoms with Gasteiger partial charge >= 0.3 is 11.7 Å². The molecule has 8 N–H and O–H groups in total. The number of imidazole rings is 1. The van der Waals surface area contributed by atoms with Gasteiger partial charge in [0.05, 0.1) is 23.5 Å². The number of aldehydes is 1. The molecule has 1 aliphatic heterocycles. The predicted molar refractivity (Wildman–Crippen MR) is 108 cm³/mol. The lowest BCUT2D eigenvalue weighted by Crippen LogP contribution is -2.56. The number of nitrogens with two attached hydrogens (primary N) is 1. The third-order valence-electron chi connectivity index (χ3n) is 5.18. The maximum atomic E-state index is 12.5. The fourth-order valence-corrected chi connectivity index (χ4v) is 3.45. The predicted octanol–water partition coefficient (Wildman–Crippen LogP) is -2.98. The van der Waals surface area contributed by atoms with Crippen LogP contribution in [0, 0.1) is 0 Å². The van der Waals surface area contributed by atoms with E-state index in [2.05, 4.69) is 15.3 Å². The van der Waals surface area contributed by atoms with Gasteiger partial charge in [-0.25, -0.2) is 9.59 Å². The number of H-pyrrole nitrogens is 1. The molecule has 0 saturated carbocycles. The van der Waals surface area contributed by atoms with E-state index >= 15 is 0 Å². The van der Waals surface area contributed by atoms with Crippen molar-refractivity contribution in [2.75, 3.05) is 0 Å². The molecule has 33 heavy (non-hydrogen) atoms. The van der Waals surface area contributed by atoms with Crippen molar-refractivity contribution in [3.8, 4) is 0 Å². The van der Waals surface area contributed by atoms with Gasteiger partial charge in [0.2, 0.25) is 5.91 Å². The van der Waals surface area contributed by atoms with E-state index < -0.39 is 60.3 Å². The van der Waals surface area contributed by atoms with Gasteiger partial charge in [0, 0.05) is 18.8 Å². The molecular formula is C19H23N5O9. The van der Waals surface area contributed by atoms with Crippen molar-refractivity contribution >= 4 is 18.2 Å². The summed E-state index contributed by atoms with van der Waals surface area (Å²) in [5.41, 5.74) is 5.09. The van der Waals surface area contributed by atoms with Crippen LogP contribution in [-0.2, 0) is 14.3 Å². The van der Waals surface area contributed by atoms with Crippen molar-refractivity contribution in [1.82, 2.24) is 19.9 Å². The summed E-state index contributed by atoms with van der Waals surface area (Å²) in [6.45, 7) is 0. The number of aliphatic hydroxyl groups is 3. The van der Waals surface area contributed by atoms with Gasteiger partial charge in [0.15, 0.2) is 18.6 Å². The second-order valence-electron chi connectivity index (χ2n) is 7.45. The Morgan fingerprint density at radius 3 is 2.64 bits per heavy atom.